The summed E-state index contributed by atoms with van der Waals surface area (Å²) < 4.78 is 0. The van der Waals surface area contributed by atoms with Crippen LogP contribution in [0, 0.1) is 5.41 Å². The van der Waals surface area contributed by atoms with Gasteiger partial charge in [0.25, 0.3) is 0 Å². The second kappa shape index (κ2) is 2.42. The molecule has 0 aromatic heterocycles. The molecule has 0 bridgehead atoms. The van der Waals surface area contributed by atoms with Crippen LogP contribution in [0.25, 0.3) is 0 Å². The molecule has 1 nitrogen and oxygen atoms in total. The van der Waals surface area contributed by atoms with E-state index in [0.717, 1.165) is 11.5 Å². The van der Waals surface area contributed by atoms with Gasteiger partial charge in [-0.05, 0) is 43.2 Å². The van der Waals surface area contributed by atoms with Crippen LogP contribution in [0.2, 0.25) is 0 Å². The second-order valence-electron chi connectivity index (χ2n) is 3.52. The van der Waals surface area contributed by atoms with E-state index in [9.17, 15) is 0 Å². The predicted octanol–water partition coefficient (Wildman–Crippen LogP) is 1.49. The van der Waals surface area contributed by atoms with Crippen molar-refractivity contribution < 1.29 is 0 Å². The Labute approximate surface area is 67.0 Å². The molecule has 2 fully saturated rings. The van der Waals surface area contributed by atoms with Crippen molar-refractivity contribution in [3.8, 4) is 0 Å². The molecular weight excluding hydrogens is 142 g/mol. The normalized spacial score (nSPS) is 36.3. The third-order valence-corrected chi connectivity index (χ3v) is 4.01. The molecule has 1 atom stereocenters. The molecule has 0 amide bonds. The Kier molecular flexibility index (Phi) is 1.69. The first-order valence-corrected chi connectivity index (χ1v) is 5.28. The van der Waals surface area contributed by atoms with Crippen LogP contribution >= 0.6 is 11.8 Å². The van der Waals surface area contributed by atoms with Gasteiger partial charge in [-0.3, -0.25) is 0 Å². The Bertz CT molecular complexity index is 129. The molecule has 0 aromatic rings. The Hall–Kier alpha value is 0.310. The number of hydrogen-bond donors (Lipinski definition) is 1. The van der Waals surface area contributed by atoms with Crippen LogP contribution in [0.4, 0.5) is 0 Å². The molecule has 10 heavy (non-hydrogen) atoms. The molecule has 2 heteroatoms. The fourth-order valence-electron chi connectivity index (χ4n) is 2.09. The summed E-state index contributed by atoms with van der Waals surface area (Å²) in [5, 5.41) is 3.39. The molecule has 2 aliphatic rings. The molecule has 0 radical (unpaired) electrons. The second-order valence-corrected chi connectivity index (χ2v) is 4.74. The smallest absolute Gasteiger partial charge is 0.0128 e. The molecule has 1 saturated heterocycles. The van der Waals surface area contributed by atoms with Crippen LogP contribution in [-0.4, -0.2) is 24.6 Å². The molecule has 58 valence electrons. The van der Waals surface area contributed by atoms with Crippen LogP contribution in [-0.2, 0) is 0 Å². The number of thioether (sulfide) groups is 1. The molecule has 1 aliphatic heterocycles. The van der Waals surface area contributed by atoms with Gasteiger partial charge in [0.2, 0.25) is 0 Å². The van der Waals surface area contributed by atoms with Crippen molar-refractivity contribution in [2.45, 2.75) is 25.3 Å². The van der Waals surface area contributed by atoms with Gasteiger partial charge in [0, 0.05) is 6.04 Å². The van der Waals surface area contributed by atoms with E-state index < -0.39 is 0 Å². The van der Waals surface area contributed by atoms with Gasteiger partial charge in [0.1, 0.15) is 0 Å². The minimum absolute atomic E-state index is 0.764. The van der Waals surface area contributed by atoms with Crippen molar-refractivity contribution in [3.05, 3.63) is 0 Å². The summed E-state index contributed by atoms with van der Waals surface area (Å²) in [4.78, 5) is 0. The molecular formula is C8H15NS. The number of nitrogens with one attached hydrogen (secondary N) is 1. The average molecular weight is 157 g/mol. The largest absolute Gasteiger partial charge is 0.316 e. The van der Waals surface area contributed by atoms with E-state index in [1.165, 1.54) is 30.8 Å². The van der Waals surface area contributed by atoms with E-state index in [-0.39, 0.29) is 0 Å². The maximum Gasteiger partial charge on any atom is 0.0128 e. The molecule has 0 aromatic carbocycles. The lowest BCUT2D eigenvalue weighted by Crippen LogP contribution is -2.22. The molecule has 1 saturated carbocycles. The van der Waals surface area contributed by atoms with Crippen molar-refractivity contribution in [2.75, 3.05) is 18.6 Å². The Morgan fingerprint density at radius 2 is 2.10 bits per heavy atom. The lowest BCUT2D eigenvalue weighted by Gasteiger charge is -2.21. The zero-order valence-corrected chi connectivity index (χ0v) is 7.34. The summed E-state index contributed by atoms with van der Waals surface area (Å²) in [6, 6.07) is 0.869. The van der Waals surface area contributed by atoms with E-state index in [1.54, 1.807) is 0 Å². The van der Waals surface area contributed by atoms with Gasteiger partial charge in [-0.1, -0.05) is 0 Å². The van der Waals surface area contributed by atoms with Gasteiger partial charge in [-0.25, -0.2) is 0 Å². The lowest BCUT2D eigenvalue weighted by molar-refractivity contribution is 0.433. The first-order chi connectivity index (χ1) is 4.87. The van der Waals surface area contributed by atoms with Crippen LogP contribution in [0.5, 0.6) is 0 Å². The van der Waals surface area contributed by atoms with Crippen LogP contribution in [0.1, 0.15) is 19.3 Å². The molecule has 1 unspecified atom stereocenters. The summed E-state index contributed by atoms with van der Waals surface area (Å²) in [6.45, 7) is 0. The van der Waals surface area contributed by atoms with Gasteiger partial charge in [0.15, 0.2) is 0 Å². The van der Waals surface area contributed by atoms with Gasteiger partial charge < -0.3 is 5.32 Å². The first kappa shape index (κ1) is 6.99. The third kappa shape index (κ3) is 0.978. The molecule has 1 aliphatic carbocycles. The quantitative estimate of drug-likeness (QED) is 0.619. The van der Waals surface area contributed by atoms with Crippen molar-refractivity contribution >= 4 is 11.8 Å². The monoisotopic (exact) mass is 157 g/mol. The van der Waals surface area contributed by atoms with Crippen LogP contribution < -0.4 is 5.32 Å². The predicted molar refractivity (Wildman–Crippen MR) is 46.5 cm³/mol. The van der Waals surface area contributed by atoms with E-state index in [1.807, 2.05) is 0 Å². The highest BCUT2D eigenvalue weighted by Gasteiger charge is 2.52. The fraction of sp³-hybridized carbons (Fsp3) is 1.00. The van der Waals surface area contributed by atoms with Gasteiger partial charge >= 0.3 is 0 Å². The Balaban J connectivity index is 1.92. The summed E-state index contributed by atoms with van der Waals surface area (Å²) in [7, 11) is 2.10. The summed E-state index contributed by atoms with van der Waals surface area (Å²) >= 11 is 2.12. The maximum absolute atomic E-state index is 3.39. The SMILES string of the molecule is CNC1CC12CCSCC2. The highest BCUT2D eigenvalue weighted by molar-refractivity contribution is 7.99. The molecule has 1 heterocycles. The third-order valence-electron chi connectivity index (χ3n) is 3.03. The van der Waals surface area contributed by atoms with Crippen molar-refractivity contribution in [1.29, 1.82) is 0 Å². The van der Waals surface area contributed by atoms with E-state index in [2.05, 4.69) is 24.1 Å². The lowest BCUT2D eigenvalue weighted by atomic mass is 9.99. The van der Waals surface area contributed by atoms with Crippen LogP contribution in [0.3, 0.4) is 0 Å². The minimum atomic E-state index is 0.764. The highest BCUT2D eigenvalue weighted by atomic mass is 32.2. The average Bonchev–Trinajstić information content (AvgIpc) is 2.65. The van der Waals surface area contributed by atoms with Crippen molar-refractivity contribution in [1.82, 2.24) is 5.32 Å². The zero-order valence-electron chi connectivity index (χ0n) is 6.52. The van der Waals surface area contributed by atoms with E-state index in [0.29, 0.717) is 0 Å². The Morgan fingerprint density at radius 1 is 1.40 bits per heavy atom. The summed E-state index contributed by atoms with van der Waals surface area (Å²) in [5.74, 6) is 2.80. The number of hydrogen-bond acceptors (Lipinski definition) is 2. The fourth-order valence-corrected chi connectivity index (χ4v) is 3.39. The van der Waals surface area contributed by atoms with Crippen LogP contribution in [0.15, 0.2) is 0 Å². The van der Waals surface area contributed by atoms with Gasteiger partial charge in [-0.2, -0.15) is 11.8 Å². The molecule has 2 rings (SSSR count). The topological polar surface area (TPSA) is 12.0 Å². The van der Waals surface area contributed by atoms with Crippen molar-refractivity contribution in [2.24, 2.45) is 5.41 Å². The standard InChI is InChI=1S/C8H15NS/c1-9-7-6-8(7)2-4-10-5-3-8/h7,9H,2-6H2,1H3. The summed E-state index contributed by atoms with van der Waals surface area (Å²) in [6.07, 6.45) is 4.37. The van der Waals surface area contributed by atoms with Gasteiger partial charge in [-0.15, -0.1) is 0 Å². The maximum atomic E-state index is 3.39. The van der Waals surface area contributed by atoms with E-state index in [4.69, 9.17) is 0 Å². The van der Waals surface area contributed by atoms with E-state index >= 15 is 0 Å². The summed E-state index contributed by atoms with van der Waals surface area (Å²) in [5.41, 5.74) is 0.764. The first-order valence-electron chi connectivity index (χ1n) is 4.12. The Morgan fingerprint density at radius 3 is 2.60 bits per heavy atom. The van der Waals surface area contributed by atoms with Crippen molar-refractivity contribution in [3.63, 3.8) is 0 Å². The molecule has 1 spiro atoms. The number of rotatable bonds is 1. The highest BCUT2D eigenvalue weighted by Crippen LogP contribution is 2.54. The zero-order chi connectivity index (χ0) is 7.03. The molecule has 1 N–H and O–H groups in total. The minimum Gasteiger partial charge on any atom is -0.316 e. The van der Waals surface area contributed by atoms with Gasteiger partial charge in [0.05, 0.1) is 0 Å².